The summed E-state index contributed by atoms with van der Waals surface area (Å²) in [7, 11) is 0. The van der Waals surface area contributed by atoms with Gasteiger partial charge in [-0.15, -0.1) is 0 Å². The average molecular weight is 188 g/mol. The van der Waals surface area contributed by atoms with Crippen molar-refractivity contribution in [2.45, 2.75) is 52.3 Å². The molecule has 13 heavy (non-hydrogen) atoms. The van der Waals surface area contributed by atoms with E-state index in [1.54, 1.807) is 20.8 Å². The van der Waals surface area contributed by atoms with Gasteiger partial charge in [-0.25, -0.2) is 4.39 Å². The summed E-state index contributed by atoms with van der Waals surface area (Å²) in [5.74, 6) is -0.243. The van der Waals surface area contributed by atoms with E-state index < -0.39 is 11.1 Å². The molecule has 3 heteroatoms. The summed E-state index contributed by atoms with van der Waals surface area (Å²) in [6.07, 6.45) is 0.477. The Kier molecular flexibility index (Phi) is 2.39. The largest absolute Gasteiger partial charge is 0.462 e. The SMILES string of the molecule is CC1(F)CC(OC(=O)C(C)(C)C)C1. The third-order valence-electron chi connectivity index (χ3n) is 2.19. The van der Waals surface area contributed by atoms with E-state index in [0.29, 0.717) is 12.8 Å². The first kappa shape index (κ1) is 10.5. The van der Waals surface area contributed by atoms with Gasteiger partial charge < -0.3 is 4.74 Å². The van der Waals surface area contributed by atoms with Crippen LogP contribution in [0, 0.1) is 5.41 Å². The Morgan fingerprint density at radius 1 is 1.46 bits per heavy atom. The zero-order valence-corrected chi connectivity index (χ0v) is 8.69. The minimum absolute atomic E-state index is 0.207. The Morgan fingerprint density at radius 2 is 1.92 bits per heavy atom. The van der Waals surface area contributed by atoms with Crippen molar-refractivity contribution in [1.82, 2.24) is 0 Å². The Hall–Kier alpha value is -0.600. The summed E-state index contributed by atoms with van der Waals surface area (Å²) in [6.45, 7) is 6.92. The van der Waals surface area contributed by atoms with Crippen molar-refractivity contribution in [1.29, 1.82) is 0 Å². The molecule has 1 saturated carbocycles. The van der Waals surface area contributed by atoms with Gasteiger partial charge in [0.05, 0.1) is 5.41 Å². The van der Waals surface area contributed by atoms with Crippen molar-refractivity contribution < 1.29 is 13.9 Å². The van der Waals surface area contributed by atoms with Gasteiger partial charge in [0.2, 0.25) is 0 Å². The molecule has 2 nitrogen and oxygen atoms in total. The van der Waals surface area contributed by atoms with Gasteiger partial charge in [-0.3, -0.25) is 4.79 Å². The maximum absolute atomic E-state index is 13.0. The third kappa shape index (κ3) is 2.68. The number of rotatable bonds is 1. The Balaban J connectivity index is 2.33. The predicted octanol–water partition coefficient (Wildman–Crippen LogP) is 2.47. The summed E-state index contributed by atoms with van der Waals surface area (Å²) in [6, 6.07) is 0. The first-order valence-electron chi connectivity index (χ1n) is 4.61. The molecular formula is C10H17FO2. The van der Waals surface area contributed by atoms with Crippen LogP contribution in [-0.4, -0.2) is 17.7 Å². The molecule has 1 aliphatic rings. The van der Waals surface area contributed by atoms with Crippen LogP contribution >= 0.6 is 0 Å². The maximum atomic E-state index is 13.0. The van der Waals surface area contributed by atoms with Gasteiger partial charge >= 0.3 is 5.97 Å². The molecule has 1 rings (SSSR count). The van der Waals surface area contributed by atoms with Crippen LogP contribution in [0.1, 0.15) is 40.5 Å². The minimum Gasteiger partial charge on any atom is -0.462 e. The lowest BCUT2D eigenvalue weighted by atomic mass is 9.80. The first-order chi connectivity index (χ1) is 5.71. The van der Waals surface area contributed by atoms with Crippen LogP contribution in [0.25, 0.3) is 0 Å². The lowest BCUT2D eigenvalue weighted by molar-refractivity contribution is -0.170. The molecule has 0 bridgehead atoms. The third-order valence-corrected chi connectivity index (χ3v) is 2.19. The van der Waals surface area contributed by atoms with Gasteiger partial charge in [-0.1, -0.05) is 0 Å². The van der Waals surface area contributed by atoms with Crippen LogP contribution in [-0.2, 0) is 9.53 Å². The highest BCUT2D eigenvalue weighted by molar-refractivity contribution is 5.75. The molecule has 0 aromatic carbocycles. The number of carbonyl (C=O) groups is 1. The molecule has 0 atom stereocenters. The standard InChI is InChI=1S/C10H17FO2/c1-9(2,3)8(12)13-7-5-10(4,11)6-7/h7H,5-6H2,1-4H3. The molecule has 1 fully saturated rings. The van der Waals surface area contributed by atoms with Gasteiger partial charge in [-0.2, -0.15) is 0 Å². The molecule has 0 spiro atoms. The zero-order chi connectivity index (χ0) is 10.3. The molecule has 0 saturated heterocycles. The Morgan fingerprint density at radius 3 is 2.23 bits per heavy atom. The molecule has 0 aromatic rings. The topological polar surface area (TPSA) is 26.3 Å². The molecular weight excluding hydrogens is 171 g/mol. The normalized spacial score (nSPS) is 33.8. The highest BCUT2D eigenvalue weighted by atomic mass is 19.1. The minimum atomic E-state index is -1.12. The number of halogens is 1. The molecule has 0 amide bonds. The first-order valence-corrected chi connectivity index (χ1v) is 4.61. The van der Waals surface area contributed by atoms with E-state index in [2.05, 4.69) is 0 Å². The fourth-order valence-corrected chi connectivity index (χ4v) is 1.30. The molecule has 0 radical (unpaired) electrons. The van der Waals surface area contributed by atoms with Gasteiger partial charge in [-0.05, 0) is 27.7 Å². The second-order valence-corrected chi connectivity index (χ2v) is 5.10. The molecule has 0 unspecified atom stereocenters. The van der Waals surface area contributed by atoms with E-state index in [4.69, 9.17) is 4.74 Å². The van der Waals surface area contributed by atoms with E-state index in [1.807, 2.05) is 0 Å². The highest BCUT2D eigenvalue weighted by Gasteiger charge is 2.43. The Bertz CT molecular complexity index is 207. The van der Waals surface area contributed by atoms with E-state index in [1.165, 1.54) is 6.92 Å². The van der Waals surface area contributed by atoms with Crippen LogP contribution in [0.4, 0.5) is 4.39 Å². The second-order valence-electron chi connectivity index (χ2n) is 5.10. The van der Waals surface area contributed by atoms with Crippen LogP contribution in [0.15, 0.2) is 0 Å². The Labute approximate surface area is 78.5 Å². The number of ether oxygens (including phenoxy) is 1. The summed E-state index contributed by atoms with van der Waals surface area (Å²) in [5.41, 5.74) is -1.61. The fraction of sp³-hybridized carbons (Fsp3) is 0.900. The number of alkyl halides is 1. The predicted molar refractivity (Wildman–Crippen MR) is 48.1 cm³/mol. The van der Waals surface area contributed by atoms with Crippen LogP contribution in [0.2, 0.25) is 0 Å². The van der Waals surface area contributed by atoms with Gasteiger partial charge in [0, 0.05) is 12.8 Å². The van der Waals surface area contributed by atoms with Crippen LogP contribution in [0.5, 0.6) is 0 Å². The van der Waals surface area contributed by atoms with Crippen molar-refractivity contribution in [3.05, 3.63) is 0 Å². The second kappa shape index (κ2) is 2.96. The highest BCUT2D eigenvalue weighted by Crippen LogP contribution is 2.38. The van der Waals surface area contributed by atoms with Crippen molar-refractivity contribution in [2.75, 3.05) is 0 Å². The monoisotopic (exact) mass is 188 g/mol. The quantitative estimate of drug-likeness (QED) is 0.591. The van der Waals surface area contributed by atoms with E-state index in [-0.39, 0.29) is 12.1 Å². The lowest BCUT2D eigenvalue weighted by Gasteiger charge is -2.38. The zero-order valence-electron chi connectivity index (χ0n) is 8.69. The van der Waals surface area contributed by atoms with E-state index >= 15 is 0 Å². The van der Waals surface area contributed by atoms with Crippen molar-refractivity contribution in [3.8, 4) is 0 Å². The summed E-state index contributed by atoms with van der Waals surface area (Å²) in [4.78, 5) is 11.3. The molecule has 0 aromatic heterocycles. The molecule has 1 aliphatic carbocycles. The molecule has 0 N–H and O–H groups in total. The summed E-state index contributed by atoms with van der Waals surface area (Å²) >= 11 is 0. The fourth-order valence-electron chi connectivity index (χ4n) is 1.30. The lowest BCUT2D eigenvalue weighted by Crippen LogP contribution is -2.44. The van der Waals surface area contributed by atoms with Gasteiger partial charge in [0.15, 0.2) is 0 Å². The van der Waals surface area contributed by atoms with Crippen LogP contribution in [0.3, 0.4) is 0 Å². The number of esters is 1. The average Bonchev–Trinajstić information content (AvgIpc) is 1.80. The van der Waals surface area contributed by atoms with E-state index in [0.717, 1.165) is 0 Å². The van der Waals surface area contributed by atoms with Gasteiger partial charge in [0.1, 0.15) is 11.8 Å². The van der Waals surface area contributed by atoms with E-state index in [9.17, 15) is 9.18 Å². The molecule has 0 heterocycles. The number of hydrogen-bond acceptors (Lipinski definition) is 2. The van der Waals surface area contributed by atoms with Crippen LogP contribution < -0.4 is 0 Å². The maximum Gasteiger partial charge on any atom is 0.311 e. The van der Waals surface area contributed by atoms with Crippen molar-refractivity contribution >= 4 is 5.97 Å². The molecule has 76 valence electrons. The summed E-state index contributed by atoms with van der Waals surface area (Å²) < 4.78 is 18.1. The summed E-state index contributed by atoms with van der Waals surface area (Å²) in [5, 5.41) is 0. The molecule has 0 aliphatic heterocycles. The number of carbonyl (C=O) groups excluding carboxylic acids is 1. The van der Waals surface area contributed by atoms with Crippen molar-refractivity contribution in [3.63, 3.8) is 0 Å². The number of hydrogen-bond donors (Lipinski definition) is 0. The van der Waals surface area contributed by atoms with Gasteiger partial charge in [0.25, 0.3) is 0 Å². The smallest absolute Gasteiger partial charge is 0.311 e. The van der Waals surface area contributed by atoms with Crippen molar-refractivity contribution in [2.24, 2.45) is 5.41 Å².